The van der Waals surface area contributed by atoms with Crippen molar-refractivity contribution in [1.29, 1.82) is 0 Å². The minimum Gasteiger partial charge on any atom is -0.341 e. The van der Waals surface area contributed by atoms with Gasteiger partial charge in [0, 0.05) is 6.42 Å². The molecule has 5 heteroatoms. The fourth-order valence-electron chi connectivity index (χ4n) is 1.04. The Bertz CT molecular complexity index is 409. The largest absolute Gasteiger partial charge is 0.341 e. The molecule has 0 bridgehead atoms. The Morgan fingerprint density at radius 2 is 2.42 bits per heavy atom. The molecular weight excluding hydrogens is 176 g/mol. The third-order valence-corrected chi connectivity index (χ3v) is 1.90. The summed E-state index contributed by atoms with van der Waals surface area (Å²) in [5.41, 5.74) is 1.54. The SMILES string of the molecule is CCc1nc2c(Cl)nncc2[nH]1. The molecule has 0 spiro atoms. The minimum absolute atomic E-state index is 0.350. The maximum Gasteiger partial charge on any atom is 0.179 e. The number of rotatable bonds is 1. The van der Waals surface area contributed by atoms with Gasteiger partial charge in [0.2, 0.25) is 0 Å². The fourth-order valence-corrected chi connectivity index (χ4v) is 1.23. The van der Waals surface area contributed by atoms with Crippen molar-refractivity contribution in [2.45, 2.75) is 13.3 Å². The highest BCUT2D eigenvalue weighted by molar-refractivity contribution is 6.33. The van der Waals surface area contributed by atoms with Crippen LogP contribution >= 0.6 is 11.6 Å². The third kappa shape index (κ3) is 1.04. The summed E-state index contributed by atoms with van der Waals surface area (Å²) in [7, 11) is 0. The lowest BCUT2D eigenvalue weighted by Gasteiger charge is -1.85. The van der Waals surface area contributed by atoms with E-state index in [0.29, 0.717) is 10.7 Å². The van der Waals surface area contributed by atoms with Gasteiger partial charge in [-0.2, -0.15) is 5.10 Å². The van der Waals surface area contributed by atoms with Crippen LogP contribution < -0.4 is 0 Å². The summed E-state index contributed by atoms with van der Waals surface area (Å²) in [5, 5.41) is 7.75. The van der Waals surface area contributed by atoms with Crippen LogP contribution in [0.3, 0.4) is 0 Å². The zero-order chi connectivity index (χ0) is 8.55. The first-order valence-electron chi connectivity index (χ1n) is 3.67. The Morgan fingerprint density at radius 3 is 3.08 bits per heavy atom. The lowest BCUT2D eigenvalue weighted by Crippen LogP contribution is -1.81. The summed E-state index contributed by atoms with van der Waals surface area (Å²) in [6, 6.07) is 0. The molecule has 2 aromatic heterocycles. The number of fused-ring (bicyclic) bond motifs is 1. The van der Waals surface area contributed by atoms with E-state index in [1.807, 2.05) is 6.92 Å². The number of halogens is 1. The van der Waals surface area contributed by atoms with E-state index in [9.17, 15) is 0 Å². The number of hydrogen-bond acceptors (Lipinski definition) is 3. The highest BCUT2D eigenvalue weighted by atomic mass is 35.5. The Hall–Kier alpha value is -1.16. The van der Waals surface area contributed by atoms with Gasteiger partial charge in [0.05, 0.1) is 11.7 Å². The van der Waals surface area contributed by atoms with Gasteiger partial charge in [0.25, 0.3) is 0 Å². The van der Waals surface area contributed by atoms with Crippen LogP contribution in [0, 0.1) is 0 Å². The van der Waals surface area contributed by atoms with Gasteiger partial charge >= 0.3 is 0 Å². The molecular formula is C7H7ClN4. The maximum absolute atomic E-state index is 5.77. The molecule has 0 aliphatic rings. The summed E-state index contributed by atoms with van der Waals surface area (Å²) >= 11 is 5.77. The van der Waals surface area contributed by atoms with Gasteiger partial charge in [-0.05, 0) is 0 Å². The molecule has 0 saturated heterocycles. The number of imidazole rings is 1. The molecule has 0 aromatic carbocycles. The van der Waals surface area contributed by atoms with E-state index in [-0.39, 0.29) is 0 Å². The molecule has 0 saturated carbocycles. The molecule has 2 rings (SSSR count). The van der Waals surface area contributed by atoms with E-state index in [1.165, 1.54) is 0 Å². The van der Waals surface area contributed by atoms with E-state index in [4.69, 9.17) is 11.6 Å². The molecule has 4 nitrogen and oxygen atoms in total. The van der Waals surface area contributed by atoms with Crippen LogP contribution in [0.1, 0.15) is 12.7 Å². The van der Waals surface area contributed by atoms with Crippen molar-refractivity contribution in [3.63, 3.8) is 0 Å². The van der Waals surface area contributed by atoms with E-state index >= 15 is 0 Å². The molecule has 12 heavy (non-hydrogen) atoms. The highest BCUT2D eigenvalue weighted by Crippen LogP contribution is 2.16. The molecule has 62 valence electrons. The minimum atomic E-state index is 0.350. The van der Waals surface area contributed by atoms with Gasteiger partial charge in [0.15, 0.2) is 5.15 Å². The highest BCUT2D eigenvalue weighted by Gasteiger charge is 2.05. The van der Waals surface area contributed by atoms with Gasteiger partial charge in [-0.3, -0.25) is 0 Å². The van der Waals surface area contributed by atoms with Crippen molar-refractivity contribution in [2.75, 3.05) is 0 Å². The van der Waals surface area contributed by atoms with Crippen LogP contribution in [0.2, 0.25) is 5.15 Å². The van der Waals surface area contributed by atoms with Gasteiger partial charge in [0.1, 0.15) is 11.3 Å². The predicted octanol–water partition coefficient (Wildman–Crippen LogP) is 1.57. The third-order valence-electron chi connectivity index (χ3n) is 1.64. The standard InChI is InChI=1S/C7H7ClN4/c1-2-5-10-4-3-9-12-7(8)6(4)11-5/h3H,2H2,1H3,(H,10,11). The predicted molar refractivity (Wildman–Crippen MR) is 46.1 cm³/mol. The molecule has 2 heterocycles. The smallest absolute Gasteiger partial charge is 0.179 e. The quantitative estimate of drug-likeness (QED) is 0.729. The molecule has 2 aromatic rings. The molecule has 0 amide bonds. The number of aryl methyl sites for hydroxylation is 1. The molecule has 0 unspecified atom stereocenters. The van der Waals surface area contributed by atoms with Crippen molar-refractivity contribution in [3.8, 4) is 0 Å². The van der Waals surface area contributed by atoms with Crippen molar-refractivity contribution in [2.24, 2.45) is 0 Å². The first-order valence-corrected chi connectivity index (χ1v) is 4.05. The number of H-pyrrole nitrogens is 1. The van der Waals surface area contributed by atoms with Gasteiger partial charge in [-0.15, -0.1) is 5.10 Å². The normalized spacial score (nSPS) is 10.8. The Morgan fingerprint density at radius 1 is 1.58 bits per heavy atom. The van der Waals surface area contributed by atoms with Crippen LogP contribution in [0.15, 0.2) is 6.20 Å². The van der Waals surface area contributed by atoms with E-state index in [1.54, 1.807) is 6.20 Å². The van der Waals surface area contributed by atoms with Crippen LogP contribution in [-0.2, 0) is 6.42 Å². The van der Waals surface area contributed by atoms with Crippen molar-refractivity contribution in [1.82, 2.24) is 20.2 Å². The molecule has 0 aliphatic carbocycles. The summed E-state index contributed by atoms with van der Waals surface area (Å²) in [4.78, 5) is 7.33. The second-order valence-corrected chi connectivity index (χ2v) is 2.79. The molecule has 0 atom stereocenters. The first-order chi connectivity index (χ1) is 5.81. The van der Waals surface area contributed by atoms with Crippen LogP contribution in [0.4, 0.5) is 0 Å². The van der Waals surface area contributed by atoms with Gasteiger partial charge in [-0.25, -0.2) is 4.98 Å². The summed E-state index contributed by atoms with van der Waals surface area (Å²) in [6.07, 6.45) is 2.47. The number of aromatic amines is 1. The van der Waals surface area contributed by atoms with Crippen molar-refractivity contribution < 1.29 is 0 Å². The average Bonchev–Trinajstić information content (AvgIpc) is 2.49. The second kappa shape index (κ2) is 2.71. The Balaban J connectivity index is 2.74. The Labute approximate surface area is 74.0 Å². The van der Waals surface area contributed by atoms with Crippen LogP contribution in [-0.4, -0.2) is 20.2 Å². The second-order valence-electron chi connectivity index (χ2n) is 2.43. The van der Waals surface area contributed by atoms with Gasteiger partial charge in [-0.1, -0.05) is 18.5 Å². The van der Waals surface area contributed by atoms with E-state index < -0.39 is 0 Å². The molecule has 0 aliphatic heterocycles. The summed E-state index contributed by atoms with van der Waals surface area (Å²) < 4.78 is 0. The summed E-state index contributed by atoms with van der Waals surface area (Å²) in [6.45, 7) is 2.02. The molecule has 1 N–H and O–H groups in total. The van der Waals surface area contributed by atoms with E-state index in [2.05, 4.69) is 20.2 Å². The number of nitrogens with zero attached hydrogens (tertiary/aromatic N) is 3. The number of hydrogen-bond donors (Lipinski definition) is 1. The lowest BCUT2D eigenvalue weighted by atomic mass is 10.5. The summed E-state index contributed by atoms with van der Waals surface area (Å²) in [5.74, 6) is 0.904. The average molecular weight is 183 g/mol. The first kappa shape index (κ1) is 7.49. The monoisotopic (exact) mass is 182 g/mol. The zero-order valence-electron chi connectivity index (χ0n) is 6.50. The van der Waals surface area contributed by atoms with Crippen LogP contribution in [0.25, 0.3) is 11.0 Å². The topological polar surface area (TPSA) is 54.5 Å². The zero-order valence-corrected chi connectivity index (χ0v) is 7.26. The van der Waals surface area contributed by atoms with Crippen molar-refractivity contribution >= 4 is 22.6 Å². The number of aromatic nitrogens is 4. The lowest BCUT2D eigenvalue weighted by molar-refractivity contribution is 1.00. The van der Waals surface area contributed by atoms with E-state index in [0.717, 1.165) is 17.8 Å². The molecule has 0 radical (unpaired) electrons. The number of nitrogens with one attached hydrogen (secondary N) is 1. The molecule has 0 fully saturated rings. The van der Waals surface area contributed by atoms with Gasteiger partial charge < -0.3 is 4.98 Å². The van der Waals surface area contributed by atoms with Crippen LogP contribution in [0.5, 0.6) is 0 Å². The Kier molecular flexibility index (Phi) is 1.69. The fraction of sp³-hybridized carbons (Fsp3) is 0.286. The maximum atomic E-state index is 5.77. The van der Waals surface area contributed by atoms with Crippen molar-refractivity contribution in [3.05, 3.63) is 17.2 Å².